The number of ether oxygens (including phenoxy) is 1. The molecule has 0 radical (unpaired) electrons. The van der Waals surface area contributed by atoms with Crippen LogP contribution in [0.3, 0.4) is 0 Å². The summed E-state index contributed by atoms with van der Waals surface area (Å²) in [6.07, 6.45) is 3.69. The van der Waals surface area contributed by atoms with Gasteiger partial charge >= 0.3 is 0 Å². The zero-order chi connectivity index (χ0) is 20.6. The third-order valence-electron chi connectivity index (χ3n) is 4.96. The maximum Gasteiger partial charge on any atom is 0.267 e. The van der Waals surface area contributed by atoms with Crippen molar-refractivity contribution in [2.75, 3.05) is 13.2 Å². The fourth-order valence-corrected chi connectivity index (χ4v) is 3.19. The second-order valence-electron chi connectivity index (χ2n) is 7.54. The number of rotatable bonds is 7. The fourth-order valence-electron chi connectivity index (χ4n) is 3.19. The van der Waals surface area contributed by atoms with E-state index in [1.165, 1.54) is 5.56 Å². The Hall–Kier alpha value is -2.92. The molecule has 1 unspecified atom stereocenters. The number of amides is 2. The van der Waals surface area contributed by atoms with Gasteiger partial charge < -0.3 is 15.4 Å². The predicted octanol–water partition coefficient (Wildman–Crippen LogP) is 3.88. The summed E-state index contributed by atoms with van der Waals surface area (Å²) in [6.45, 7) is 5.43. The average Bonchev–Trinajstić information content (AvgIpc) is 3.26. The van der Waals surface area contributed by atoms with Gasteiger partial charge in [0.15, 0.2) is 0 Å². The van der Waals surface area contributed by atoms with Gasteiger partial charge in [-0.1, -0.05) is 56.3 Å². The number of hydrogen-bond acceptors (Lipinski definition) is 3. The van der Waals surface area contributed by atoms with Crippen molar-refractivity contribution in [1.82, 2.24) is 10.6 Å². The van der Waals surface area contributed by atoms with Crippen molar-refractivity contribution < 1.29 is 14.3 Å². The first-order valence-electron chi connectivity index (χ1n) is 10.1. The molecule has 0 aromatic heterocycles. The molecule has 1 atom stereocenters. The van der Waals surface area contributed by atoms with E-state index in [1.54, 1.807) is 30.3 Å². The molecule has 0 saturated carbocycles. The summed E-state index contributed by atoms with van der Waals surface area (Å²) in [7, 11) is 0. The van der Waals surface area contributed by atoms with Gasteiger partial charge in [0.1, 0.15) is 5.70 Å². The molecule has 1 aliphatic heterocycles. The van der Waals surface area contributed by atoms with E-state index in [-0.39, 0.29) is 23.6 Å². The van der Waals surface area contributed by atoms with Gasteiger partial charge in [0.05, 0.1) is 6.10 Å². The van der Waals surface area contributed by atoms with Gasteiger partial charge in [0, 0.05) is 18.7 Å². The zero-order valence-electron chi connectivity index (χ0n) is 17.0. The van der Waals surface area contributed by atoms with Crippen LogP contribution in [0.1, 0.15) is 54.1 Å². The third-order valence-corrected chi connectivity index (χ3v) is 4.96. The maximum atomic E-state index is 12.8. The monoisotopic (exact) mass is 392 g/mol. The van der Waals surface area contributed by atoms with Crippen molar-refractivity contribution in [2.45, 2.75) is 38.7 Å². The average molecular weight is 392 g/mol. The van der Waals surface area contributed by atoms with E-state index in [9.17, 15) is 9.59 Å². The minimum atomic E-state index is -0.322. The Bertz CT molecular complexity index is 851. The van der Waals surface area contributed by atoms with Crippen LogP contribution in [-0.2, 0) is 9.53 Å². The number of benzene rings is 2. The summed E-state index contributed by atoms with van der Waals surface area (Å²) in [4.78, 5) is 25.4. The van der Waals surface area contributed by atoms with Crippen LogP contribution in [0.15, 0.2) is 60.3 Å². The van der Waals surface area contributed by atoms with E-state index < -0.39 is 0 Å². The second kappa shape index (κ2) is 10.0. The summed E-state index contributed by atoms with van der Waals surface area (Å²) >= 11 is 0. The van der Waals surface area contributed by atoms with Crippen LogP contribution in [-0.4, -0.2) is 31.1 Å². The van der Waals surface area contributed by atoms with Gasteiger partial charge in [-0.15, -0.1) is 0 Å². The van der Waals surface area contributed by atoms with E-state index in [0.717, 1.165) is 25.0 Å². The van der Waals surface area contributed by atoms with Gasteiger partial charge in [0.25, 0.3) is 11.8 Å². The molecule has 2 aromatic rings. The third kappa shape index (κ3) is 6.03. The zero-order valence-corrected chi connectivity index (χ0v) is 17.0. The lowest BCUT2D eigenvalue weighted by molar-refractivity contribution is -0.118. The molecular weight excluding hydrogens is 364 g/mol. The van der Waals surface area contributed by atoms with Crippen LogP contribution >= 0.6 is 0 Å². The van der Waals surface area contributed by atoms with Crippen molar-refractivity contribution in [2.24, 2.45) is 0 Å². The van der Waals surface area contributed by atoms with Gasteiger partial charge in [-0.2, -0.15) is 0 Å². The van der Waals surface area contributed by atoms with Gasteiger partial charge in [-0.3, -0.25) is 9.59 Å². The Kier molecular flexibility index (Phi) is 7.19. The SMILES string of the molecule is CC(C)c1ccc(C=C(NC(=O)c2ccccc2)C(=O)NCC2CCCO2)cc1. The van der Waals surface area contributed by atoms with Crippen molar-refractivity contribution in [3.8, 4) is 0 Å². The molecule has 152 valence electrons. The van der Waals surface area contributed by atoms with E-state index in [0.29, 0.717) is 18.0 Å². The lowest BCUT2D eigenvalue weighted by Crippen LogP contribution is -2.38. The summed E-state index contributed by atoms with van der Waals surface area (Å²) < 4.78 is 5.57. The van der Waals surface area contributed by atoms with Crippen molar-refractivity contribution in [3.05, 3.63) is 77.0 Å². The summed E-state index contributed by atoms with van der Waals surface area (Å²) in [6, 6.07) is 16.9. The van der Waals surface area contributed by atoms with Gasteiger partial charge in [-0.25, -0.2) is 0 Å². The lowest BCUT2D eigenvalue weighted by Gasteiger charge is -2.14. The molecule has 3 rings (SSSR count). The summed E-state index contributed by atoms with van der Waals surface area (Å²) in [5, 5.41) is 5.65. The molecule has 2 N–H and O–H groups in total. The first-order chi connectivity index (χ1) is 14.0. The summed E-state index contributed by atoms with van der Waals surface area (Å²) in [5.74, 6) is -0.208. The molecule has 5 heteroatoms. The molecule has 2 amide bonds. The van der Waals surface area contributed by atoms with Crippen molar-refractivity contribution in [3.63, 3.8) is 0 Å². The van der Waals surface area contributed by atoms with Crippen LogP contribution in [0.2, 0.25) is 0 Å². The van der Waals surface area contributed by atoms with E-state index in [2.05, 4.69) is 24.5 Å². The Morgan fingerprint density at radius 3 is 2.45 bits per heavy atom. The molecule has 5 nitrogen and oxygen atoms in total. The van der Waals surface area contributed by atoms with Crippen LogP contribution < -0.4 is 10.6 Å². The van der Waals surface area contributed by atoms with Gasteiger partial charge in [-0.05, 0) is 48.1 Å². The number of carbonyl (C=O) groups excluding carboxylic acids is 2. The summed E-state index contributed by atoms with van der Waals surface area (Å²) in [5.41, 5.74) is 2.79. The Balaban J connectivity index is 1.77. The molecule has 1 aliphatic rings. The topological polar surface area (TPSA) is 67.4 Å². The second-order valence-corrected chi connectivity index (χ2v) is 7.54. The highest BCUT2D eigenvalue weighted by Crippen LogP contribution is 2.16. The van der Waals surface area contributed by atoms with Crippen LogP contribution in [0.5, 0.6) is 0 Å². The molecular formula is C24H28N2O3. The first-order valence-corrected chi connectivity index (χ1v) is 10.1. The molecule has 29 heavy (non-hydrogen) atoms. The number of hydrogen-bond donors (Lipinski definition) is 2. The van der Waals surface area contributed by atoms with E-state index in [4.69, 9.17) is 4.74 Å². The van der Waals surface area contributed by atoms with Crippen molar-refractivity contribution >= 4 is 17.9 Å². The minimum absolute atomic E-state index is 0.0374. The van der Waals surface area contributed by atoms with Crippen LogP contribution in [0.4, 0.5) is 0 Å². The normalized spacial score (nSPS) is 16.7. The quantitative estimate of drug-likeness (QED) is 0.703. The highest BCUT2D eigenvalue weighted by molar-refractivity contribution is 6.05. The highest BCUT2D eigenvalue weighted by Gasteiger charge is 2.19. The van der Waals surface area contributed by atoms with Crippen LogP contribution in [0, 0.1) is 0 Å². The molecule has 1 saturated heterocycles. The minimum Gasteiger partial charge on any atom is -0.376 e. The smallest absolute Gasteiger partial charge is 0.267 e. The van der Waals surface area contributed by atoms with E-state index >= 15 is 0 Å². The molecule has 1 fully saturated rings. The largest absolute Gasteiger partial charge is 0.376 e. The lowest BCUT2D eigenvalue weighted by atomic mass is 10.0. The molecule has 2 aromatic carbocycles. The van der Waals surface area contributed by atoms with Crippen LogP contribution in [0.25, 0.3) is 6.08 Å². The molecule has 0 aliphatic carbocycles. The number of carbonyl (C=O) groups is 2. The standard InChI is InChI=1S/C24H28N2O3/c1-17(2)19-12-10-18(11-13-19)15-22(24(28)25-16-21-9-6-14-29-21)26-23(27)20-7-4-3-5-8-20/h3-5,7-8,10-13,15,17,21H,6,9,14,16H2,1-2H3,(H,25,28)(H,26,27). The molecule has 0 bridgehead atoms. The highest BCUT2D eigenvalue weighted by atomic mass is 16.5. The van der Waals surface area contributed by atoms with Crippen molar-refractivity contribution in [1.29, 1.82) is 0 Å². The molecule has 1 heterocycles. The fraction of sp³-hybridized carbons (Fsp3) is 0.333. The number of nitrogens with one attached hydrogen (secondary N) is 2. The van der Waals surface area contributed by atoms with Gasteiger partial charge in [0.2, 0.25) is 0 Å². The Morgan fingerprint density at radius 2 is 1.83 bits per heavy atom. The predicted molar refractivity (Wildman–Crippen MR) is 114 cm³/mol. The first kappa shape index (κ1) is 20.8. The van der Waals surface area contributed by atoms with E-state index in [1.807, 2.05) is 30.3 Å². The Labute approximate surface area is 172 Å². The Morgan fingerprint density at radius 1 is 1.10 bits per heavy atom. The maximum absolute atomic E-state index is 12.8. The molecule has 0 spiro atoms.